The molecule has 0 bridgehead atoms. The zero-order valence-electron chi connectivity index (χ0n) is 9.87. The van der Waals surface area contributed by atoms with Crippen molar-refractivity contribution in [2.75, 3.05) is 0 Å². The number of fused-ring (bicyclic) bond motifs is 1. The Morgan fingerprint density at radius 2 is 2.12 bits per heavy atom. The summed E-state index contributed by atoms with van der Waals surface area (Å²) in [5.74, 6) is 0. The maximum Gasteiger partial charge on any atom is 0.0456 e. The molecule has 0 aliphatic rings. The molecule has 86 valence electrons. The molecule has 2 heteroatoms. The van der Waals surface area contributed by atoms with Crippen LogP contribution < -0.4 is 5.73 Å². The van der Waals surface area contributed by atoms with Gasteiger partial charge in [0, 0.05) is 23.1 Å². The first-order valence-corrected chi connectivity index (χ1v) is 6.12. The Bertz CT molecular complexity index is 445. The second-order valence-electron chi connectivity index (χ2n) is 4.47. The Labute approximate surface area is 96.9 Å². The average Bonchev–Trinajstić information content (AvgIpc) is 2.70. The van der Waals surface area contributed by atoms with E-state index >= 15 is 0 Å². The highest BCUT2D eigenvalue weighted by Crippen LogP contribution is 2.19. The summed E-state index contributed by atoms with van der Waals surface area (Å²) in [6.07, 6.45) is 6.64. The summed E-state index contributed by atoms with van der Waals surface area (Å²) < 4.78 is 0. The summed E-state index contributed by atoms with van der Waals surface area (Å²) in [6.45, 7) is 2.21. The molecule has 1 heterocycles. The van der Waals surface area contributed by atoms with Gasteiger partial charge >= 0.3 is 0 Å². The number of para-hydroxylation sites is 1. The molecule has 0 radical (unpaired) electrons. The molecule has 0 amide bonds. The van der Waals surface area contributed by atoms with E-state index < -0.39 is 0 Å². The lowest BCUT2D eigenvalue weighted by Gasteiger charge is -2.09. The molecule has 1 aromatic heterocycles. The van der Waals surface area contributed by atoms with Gasteiger partial charge in [0.1, 0.15) is 0 Å². The number of aromatic amines is 1. The molecule has 1 atom stereocenters. The minimum atomic E-state index is 0.291. The van der Waals surface area contributed by atoms with Crippen LogP contribution in [0.25, 0.3) is 10.9 Å². The number of nitrogens with two attached hydrogens (primary N) is 1. The Morgan fingerprint density at radius 1 is 1.31 bits per heavy atom. The Morgan fingerprint density at radius 3 is 2.94 bits per heavy atom. The molecule has 16 heavy (non-hydrogen) atoms. The van der Waals surface area contributed by atoms with Crippen LogP contribution in [0, 0.1) is 0 Å². The van der Waals surface area contributed by atoms with Gasteiger partial charge in [-0.25, -0.2) is 0 Å². The van der Waals surface area contributed by atoms with Gasteiger partial charge < -0.3 is 10.7 Å². The minimum absolute atomic E-state index is 0.291. The first kappa shape index (κ1) is 11.2. The van der Waals surface area contributed by atoms with Crippen LogP contribution in [0.2, 0.25) is 0 Å². The van der Waals surface area contributed by atoms with Crippen molar-refractivity contribution in [3.05, 3.63) is 36.0 Å². The second-order valence-corrected chi connectivity index (χ2v) is 4.47. The monoisotopic (exact) mass is 216 g/mol. The first-order valence-electron chi connectivity index (χ1n) is 6.12. The number of benzene rings is 1. The van der Waals surface area contributed by atoms with Crippen LogP contribution in [0.15, 0.2) is 30.5 Å². The molecule has 0 aliphatic heterocycles. The third kappa shape index (κ3) is 2.45. The minimum Gasteiger partial charge on any atom is -0.361 e. The van der Waals surface area contributed by atoms with E-state index in [0.717, 1.165) is 12.8 Å². The number of hydrogen-bond donors (Lipinski definition) is 2. The van der Waals surface area contributed by atoms with E-state index in [1.54, 1.807) is 0 Å². The molecule has 3 N–H and O–H groups in total. The molecule has 2 aromatic rings. The van der Waals surface area contributed by atoms with Crippen molar-refractivity contribution in [1.82, 2.24) is 4.98 Å². The van der Waals surface area contributed by atoms with E-state index in [4.69, 9.17) is 5.73 Å². The van der Waals surface area contributed by atoms with Gasteiger partial charge in [-0.3, -0.25) is 0 Å². The lowest BCUT2D eigenvalue weighted by atomic mass is 10.0. The van der Waals surface area contributed by atoms with Crippen molar-refractivity contribution in [3.8, 4) is 0 Å². The zero-order chi connectivity index (χ0) is 11.4. The number of aromatic nitrogens is 1. The molecule has 1 aromatic carbocycles. The predicted molar refractivity (Wildman–Crippen MR) is 69.5 cm³/mol. The predicted octanol–water partition coefficient (Wildman–Crippen LogP) is 3.23. The molecule has 2 nitrogen and oxygen atoms in total. The quantitative estimate of drug-likeness (QED) is 0.791. The number of H-pyrrole nitrogens is 1. The van der Waals surface area contributed by atoms with E-state index in [2.05, 4.69) is 42.4 Å². The van der Waals surface area contributed by atoms with E-state index in [9.17, 15) is 0 Å². The maximum atomic E-state index is 6.13. The highest BCUT2D eigenvalue weighted by atomic mass is 14.7. The van der Waals surface area contributed by atoms with E-state index in [1.165, 1.54) is 29.3 Å². The van der Waals surface area contributed by atoms with Crippen LogP contribution in [-0.2, 0) is 6.42 Å². The van der Waals surface area contributed by atoms with E-state index in [-0.39, 0.29) is 0 Å². The van der Waals surface area contributed by atoms with Crippen LogP contribution in [0.3, 0.4) is 0 Å². The van der Waals surface area contributed by atoms with Gasteiger partial charge in [0.2, 0.25) is 0 Å². The average molecular weight is 216 g/mol. The lowest BCUT2D eigenvalue weighted by molar-refractivity contribution is 0.575. The van der Waals surface area contributed by atoms with Crippen LogP contribution in [0.4, 0.5) is 0 Å². The summed E-state index contributed by atoms with van der Waals surface area (Å²) in [5, 5.41) is 1.31. The molecule has 2 rings (SSSR count). The Hall–Kier alpha value is -1.28. The summed E-state index contributed by atoms with van der Waals surface area (Å²) in [5.41, 5.74) is 8.68. The number of hydrogen-bond acceptors (Lipinski definition) is 1. The smallest absolute Gasteiger partial charge is 0.0456 e. The van der Waals surface area contributed by atoms with E-state index in [1.807, 2.05) is 0 Å². The Kier molecular flexibility index (Phi) is 3.62. The summed E-state index contributed by atoms with van der Waals surface area (Å²) in [6, 6.07) is 8.69. The van der Waals surface area contributed by atoms with Crippen LogP contribution in [-0.4, -0.2) is 11.0 Å². The van der Waals surface area contributed by atoms with Gasteiger partial charge in [-0.2, -0.15) is 0 Å². The fourth-order valence-corrected chi connectivity index (χ4v) is 2.15. The number of unbranched alkanes of at least 4 members (excludes halogenated alkanes) is 1. The van der Waals surface area contributed by atoms with Crippen LogP contribution in [0.1, 0.15) is 31.7 Å². The lowest BCUT2D eigenvalue weighted by Crippen LogP contribution is -2.22. The van der Waals surface area contributed by atoms with Gasteiger partial charge in [-0.05, 0) is 24.5 Å². The second kappa shape index (κ2) is 5.17. The maximum absolute atomic E-state index is 6.13. The van der Waals surface area contributed by atoms with Crippen LogP contribution in [0.5, 0.6) is 0 Å². The standard InChI is InChI=1S/C14H20N2/c1-2-3-6-12(15)9-11-10-16-14-8-5-4-7-13(11)14/h4-5,7-8,10,12,16H,2-3,6,9,15H2,1H3/t12-/m0/s1. The number of nitrogens with one attached hydrogen (secondary N) is 1. The van der Waals surface area contributed by atoms with Crippen molar-refractivity contribution in [1.29, 1.82) is 0 Å². The molecule has 0 aliphatic carbocycles. The normalized spacial score (nSPS) is 13.1. The molecular formula is C14H20N2. The van der Waals surface area contributed by atoms with Crippen molar-refractivity contribution in [2.45, 2.75) is 38.6 Å². The molecule has 0 spiro atoms. The molecule has 0 unspecified atom stereocenters. The topological polar surface area (TPSA) is 41.8 Å². The van der Waals surface area contributed by atoms with Gasteiger partial charge in [-0.1, -0.05) is 38.0 Å². The summed E-state index contributed by atoms with van der Waals surface area (Å²) in [7, 11) is 0. The van der Waals surface area contributed by atoms with Gasteiger partial charge in [-0.15, -0.1) is 0 Å². The molecular weight excluding hydrogens is 196 g/mol. The zero-order valence-corrected chi connectivity index (χ0v) is 9.87. The summed E-state index contributed by atoms with van der Waals surface area (Å²) in [4.78, 5) is 3.29. The SMILES string of the molecule is CCCC[C@H](N)Cc1c[nH]c2ccccc12. The van der Waals surface area contributed by atoms with Crippen molar-refractivity contribution in [2.24, 2.45) is 5.73 Å². The van der Waals surface area contributed by atoms with Crippen molar-refractivity contribution in [3.63, 3.8) is 0 Å². The van der Waals surface area contributed by atoms with Crippen molar-refractivity contribution < 1.29 is 0 Å². The largest absolute Gasteiger partial charge is 0.361 e. The first-order chi connectivity index (χ1) is 7.81. The number of rotatable bonds is 5. The van der Waals surface area contributed by atoms with E-state index in [0.29, 0.717) is 6.04 Å². The van der Waals surface area contributed by atoms with Crippen LogP contribution >= 0.6 is 0 Å². The van der Waals surface area contributed by atoms with Crippen molar-refractivity contribution >= 4 is 10.9 Å². The molecule has 0 fully saturated rings. The molecule has 0 saturated heterocycles. The third-order valence-corrected chi connectivity index (χ3v) is 3.09. The highest BCUT2D eigenvalue weighted by molar-refractivity contribution is 5.83. The third-order valence-electron chi connectivity index (χ3n) is 3.09. The fraction of sp³-hybridized carbons (Fsp3) is 0.429. The molecule has 0 saturated carbocycles. The Balaban J connectivity index is 2.09. The van der Waals surface area contributed by atoms with Gasteiger partial charge in [0.05, 0.1) is 0 Å². The summed E-state index contributed by atoms with van der Waals surface area (Å²) >= 11 is 0. The fourth-order valence-electron chi connectivity index (χ4n) is 2.15. The highest BCUT2D eigenvalue weighted by Gasteiger charge is 2.07. The van der Waals surface area contributed by atoms with Gasteiger partial charge in [0.25, 0.3) is 0 Å². The van der Waals surface area contributed by atoms with Gasteiger partial charge in [0.15, 0.2) is 0 Å².